The summed E-state index contributed by atoms with van der Waals surface area (Å²) in [5, 5.41) is 19.6. The molecule has 3 heterocycles. The maximum atomic E-state index is 12.6. The fourth-order valence-electron chi connectivity index (χ4n) is 3.08. The van der Waals surface area contributed by atoms with Crippen LogP contribution in [0.25, 0.3) is 0 Å². The largest absolute Gasteiger partial charge is 0.387 e. The number of carbonyl (C=O) groups excluding carboxylic acids is 1. The van der Waals surface area contributed by atoms with Crippen LogP contribution in [0.1, 0.15) is 50.1 Å². The lowest BCUT2D eigenvalue weighted by Gasteiger charge is -2.26. The molecule has 0 aromatic carbocycles. The Morgan fingerprint density at radius 1 is 1.50 bits per heavy atom. The summed E-state index contributed by atoms with van der Waals surface area (Å²) >= 11 is 1.55. The summed E-state index contributed by atoms with van der Waals surface area (Å²) in [6.07, 6.45) is 3.83. The quantitative estimate of drug-likeness (QED) is 0.866. The number of aliphatic hydroxyl groups excluding tert-OH is 1. The number of hydrogen-bond acceptors (Lipinski definition) is 4. The SMILES string of the molecule is CC(C)n1ccc(NC(=O)N2CCC[C@H]2C[C@H](O)c2cccs2)n1. The summed E-state index contributed by atoms with van der Waals surface area (Å²) in [7, 11) is 0. The molecule has 1 saturated heterocycles. The lowest BCUT2D eigenvalue weighted by Crippen LogP contribution is -2.39. The number of rotatable bonds is 5. The number of amides is 2. The molecule has 1 aliphatic rings. The number of urea groups is 1. The Labute approximate surface area is 146 Å². The summed E-state index contributed by atoms with van der Waals surface area (Å²) in [6.45, 7) is 4.81. The average Bonchev–Trinajstić information content (AvgIpc) is 3.28. The number of nitrogens with zero attached hydrogens (tertiary/aromatic N) is 3. The van der Waals surface area contributed by atoms with Gasteiger partial charge in [0, 0.05) is 35.8 Å². The highest BCUT2D eigenvalue weighted by atomic mass is 32.1. The monoisotopic (exact) mass is 348 g/mol. The van der Waals surface area contributed by atoms with E-state index in [1.165, 1.54) is 0 Å². The van der Waals surface area contributed by atoms with Crippen LogP contribution < -0.4 is 5.32 Å². The van der Waals surface area contributed by atoms with Gasteiger partial charge in [-0.15, -0.1) is 11.3 Å². The molecule has 6 nitrogen and oxygen atoms in total. The molecular weight excluding hydrogens is 324 g/mol. The van der Waals surface area contributed by atoms with Gasteiger partial charge in [-0.1, -0.05) is 6.07 Å². The van der Waals surface area contributed by atoms with Crippen molar-refractivity contribution in [2.45, 2.75) is 51.3 Å². The van der Waals surface area contributed by atoms with Gasteiger partial charge >= 0.3 is 6.03 Å². The summed E-state index contributed by atoms with van der Waals surface area (Å²) in [5.41, 5.74) is 0. The van der Waals surface area contributed by atoms with Gasteiger partial charge in [0.25, 0.3) is 0 Å². The van der Waals surface area contributed by atoms with Crippen LogP contribution in [0.5, 0.6) is 0 Å². The molecule has 0 radical (unpaired) electrons. The molecule has 2 aromatic heterocycles. The minimum Gasteiger partial charge on any atom is -0.387 e. The van der Waals surface area contributed by atoms with Crippen molar-refractivity contribution >= 4 is 23.2 Å². The molecule has 2 atom stereocenters. The van der Waals surface area contributed by atoms with E-state index in [1.54, 1.807) is 11.3 Å². The lowest BCUT2D eigenvalue weighted by molar-refractivity contribution is 0.132. The molecule has 2 N–H and O–H groups in total. The first kappa shape index (κ1) is 17.0. The Bertz CT molecular complexity index is 668. The van der Waals surface area contributed by atoms with E-state index in [0.717, 1.165) is 24.3 Å². The summed E-state index contributed by atoms with van der Waals surface area (Å²) in [4.78, 5) is 15.3. The highest BCUT2D eigenvalue weighted by molar-refractivity contribution is 7.10. The fourth-order valence-corrected chi connectivity index (χ4v) is 3.80. The number of aliphatic hydroxyl groups is 1. The average molecular weight is 348 g/mol. The third kappa shape index (κ3) is 3.79. The molecule has 1 aliphatic heterocycles. The smallest absolute Gasteiger partial charge is 0.323 e. The zero-order valence-electron chi connectivity index (χ0n) is 14.1. The maximum absolute atomic E-state index is 12.6. The molecule has 0 saturated carbocycles. The molecule has 3 rings (SSSR count). The highest BCUT2D eigenvalue weighted by Gasteiger charge is 2.31. The summed E-state index contributed by atoms with van der Waals surface area (Å²) < 4.78 is 1.82. The van der Waals surface area contributed by atoms with Gasteiger partial charge in [0.1, 0.15) is 0 Å². The molecular formula is C17H24N4O2S. The molecule has 24 heavy (non-hydrogen) atoms. The first-order chi connectivity index (χ1) is 11.5. The third-order valence-corrected chi connectivity index (χ3v) is 5.35. The standard InChI is InChI=1S/C17H24N4O2S/c1-12(2)21-9-7-16(19-21)18-17(23)20-8-3-5-13(20)11-14(22)15-6-4-10-24-15/h4,6-7,9-10,12-14,22H,3,5,8,11H2,1-2H3,(H,18,19,23)/t13-,14-/m0/s1. The second-order valence-electron chi connectivity index (χ2n) is 6.46. The van der Waals surface area contributed by atoms with Crippen LogP contribution in [0.4, 0.5) is 10.6 Å². The first-order valence-corrected chi connectivity index (χ1v) is 9.27. The van der Waals surface area contributed by atoms with Crippen LogP contribution >= 0.6 is 11.3 Å². The van der Waals surface area contributed by atoms with Gasteiger partial charge in [-0.2, -0.15) is 5.10 Å². The van der Waals surface area contributed by atoms with Gasteiger partial charge in [0.15, 0.2) is 5.82 Å². The number of anilines is 1. The van der Waals surface area contributed by atoms with E-state index in [1.807, 2.05) is 53.2 Å². The van der Waals surface area contributed by atoms with Gasteiger partial charge < -0.3 is 10.0 Å². The van der Waals surface area contributed by atoms with Crippen LogP contribution in [0.3, 0.4) is 0 Å². The van der Waals surface area contributed by atoms with Crippen molar-refractivity contribution in [3.05, 3.63) is 34.7 Å². The van der Waals surface area contributed by atoms with Crippen LogP contribution in [0, 0.1) is 0 Å². The van der Waals surface area contributed by atoms with Crippen molar-refractivity contribution in [3.63, 3.8) is 0 Å². The van der Waals surface area contributed by atoms with E-state index in [2.05, 4.69) is 10.4 Å². The number of hydrogen-bond donors (Lipinski definition) is 2. The molecule has 2 aromatic rings. The Hall–Kier alpha value is -1.86. The topological polar surface area (TPSA) is 70.4 Å². The fraction of sp³-hybridized carbons (Fsp3) is 0.529. The van der Waals surface area contributed by atoms with Gasteiger partial charge in [0.2, 0.25) is 0 Å². The minimum atomic E-state index is -0.511. The molecule has 7 heteroatoms. The number of thiophene rings is 1. The zero-order chi connectivity index (χ0) is 17.1. The normalized spacial score (nSPS) is 19.0. The predicted octanol–water partition coefficient (Wildman–Crippen LogP) is 3.65. The van der Waals surface area contributed by atoms with Crippen molar-refractivity contribution in [2.24, 2.45) is 0 Å². The molecule has 130 valence electrons. The van der Waals surface area contributed by atoms with Gasteiger partial charge in [-0.05, 0) is 44.6 Å². The van der Waals surface area contributed by atoms with Crippen molar-refractivity contribution in [1.29, 1.82) is 0 Å². The molecule has 0 bridgehead atoms. The van der Waals surface area contributed by atoms with Crippen LogP contribution in [0.2, 0.25) is 0 Å². The second-order valence-corrected chi connectivity index (χ2v) is 7.44. The Morgan fingerprint density at radius 3 is 3.00 bits per heavy atom. The Kier molecular flexibility index (Phi) is 5.20. The number of nitrogens with one attached hydrogen (secondary N) is 1. The van der Waals surface area contributed by atoms with Crippen LogP contribution in [-0.2, 0) is 0 Å². The van der Waals surface area contributed by atoms with Gasteiger partial charge in [-0.25, -0.2) is 4.79 Å². The van der Waals surface area contributed by atoms with E-state index < -0.39 is 6.10 Å². The van der Waals surface area contributed by atoms with Gasteiger partial charge in [0.05, 0.1) is 6.10 Å². The van der Waals surface area contributed by atoms with E-state index in [-0.39, 0.29) is 18.1 Å². The molecule has 2 amide bonds. The molecule has 0 unspecified atom stereocenters. The Morgan fingerprint density at radius 2 is 2.33 bits per heavy atom. The summed E-state index contributed by atoms with van der Waals surface area (Å²) in [6, 6.07) is 5.87. The van der Waals surface area contributed by atoms with Crippen molar-refractivity contribution in [1.82, 2.24) is 14.7 Å². The number of carbonyl (C=O) groups is 1. The zero-order valence-corrected chi connectivity index (χ0v) is 14.9. The summed E-state index contributed by atoms with van der Waals surface area (Å²) in [5.74, 6) is 0.568. The second kappa shape index (κ2) is 7.36. The molecule has 0 aliphatic carbocycles. The van der Waals surface area contributed by atoms with Crippen molar-refractivity contribution in [3.8, 4) is 0 Å². The first-order valence-electron chi connectivity index (χ1n) is 8.39. The Balaban J connectivity index is 1.60. The van der Waals surface area contributed by atoms with E-state index >= 15 is 0 Å². The predicted molar refractivity (Wildman–Crippen MR) is 95.3 cm³/mol. The van der Waals surface area contributed by atoms with Crippen molar-refractivity contribution < 1.29 is 9.90 Å². The minimum absolute atomic E-state index is 0.0642. The number of aromatic nitrogens is 2. The van der Waals surface area contributed by atoms with E-state index in [4.69, 9.17) is 0 Å². The van der Waals surface area contributed by atoms with E-state index in [0.29, 0.717) is 12.2 Å². The maximum Gasteiger partial charge on any atom is 0.323 e. The van der Waals surface area contributed by atoms with E-state index in [9.17, 15) is 9.90 Å². The number of likely N-dealkylation sites (tertiary alicyclic amines) is 1. The third-order valence-electron chi connectivity index (χ3n) is 4.38. The molecule has 1 fully saturated rings. The van der Waals surface area contributed by atoms with Crippen molar-refractivity contribution in [2.75, 3.05) is 11.9 Å². The van der Waals surface area contributed by atoms with Crippen LogP contribution in [-0.4, -0.2) is 38.4 Å². The highest BCUT2D eigenvalue weighted by Crippen LogP contribution is 2.29. The van der Waals surface area contributed by atoms with Crippen LogP contribution in [0.15, 0.2) is 29.8 Å². The molecule has 0 spiro atoms. The van der Waals surface area contributed by atoms with Gasteiger partial charge in [-0.3, -0.25) is 10.00 Å². The lowest BCUT2D eigenvalue weighted by atomic mass is 10.1.